The fourth-order valence-electron chi connectivity index (χ4n) is 1.42. The van der Waals surface area contributed by atoms with Crippen LogP contribution in [-0.4, -0.2) is 27.2 Å². The van der Waals surface area contributed by atoms with Crippen molar-refractivity contribution in [3.63, 3.8) is 0 Å². The van der Waals surface area contributed by atoms with Crippen LogP contribution in [0.15, 0.2) is 40.4 Å². The zero-order valence-electron chi connectivity index (χ0n) is 10.1. The Balaban J connectivity index is 2.01. The van der Waals surface area contributed by atoms with Crippen LogP contribution in [0.5, 0.6) is 11.5 Å². The average molecular weight is 267 g/mol. The van der Waals surface area contributed by atoms with Crippen LogP contribution in [0.3, 0.4) is 0 Å². The molecule has 0 N–H and O–H groups in total. The Morgan fingerprint density at radius 2 is 1.78 bits per heavy atom. The third-order valence-electron chi connectivity index (χ3n) is 2.55. The Hall–Kier alpha value is -1.82. The predicted octanol–water partition coefficient (Wildman–Crippen LogP) is 1.76. The van der Waals surface area contributed by atoms with Gasteiger partial charge in [0.25, 0.3) is 0 Å². The highest BCUT2D eigenvalue weighted by molar-refractivity contribution is 8.10. The molecule has 0 unspecified atom stereocenters. The van der Waals surface area contributed by atoms with Gasteiger partial charge in [-0.25, -0.2) is 13.4 Å². The van der Waals surface area contributed by atoms with E-state index >= 15 is 0 Å². The van der Waals surface area contributed by atoms with E-state index in [9.17, 15) is 8.42 Å². The second-order valence-corrected chi connectivity index (χ2v) is 5.85. The highest BCUT2D eigenvalue weighted by Crippen LogP contribution is 2.19. The van der Waals surface area contributed by atoms with Gasteiger partial charge < -0.3 is 9.47 Å². The third-order valence-corrected chi connectivity index (χ3v) is 4.34. The molecule has 0 aliphatic carbocycles. The van der Waals surface area contributed by atoms with Crippen molar-refractivity contribution in [2.75, 3.05) is 13.7 Å². The number of ether oxygens (including phenoxy) is 2. The molecular weight excluding hydrogens is 254 g/mol. The molecule has 0 spiro atoms. The molecule has 0 aromatic heterocycles. The molecule has 1 heterocycles. The van der Waals surface area contributed by atoms with Gasteiger partial charge in [-0.3, -0.25) is 0 Å². The second kappa shape index (κ2) is 4.81. The fraction of sp³-hybridized carbons (Fsp3) is 0.250. The highest BCUT2D eigenvalue weighted by Gasteiger charge is 2.26. The normalized spacial score (nSPS) is 17.0. The van der Waals surface area contributed by atoms with Gasteiger partial charge in [0.15, 0.2) is 5.04 Å². The van der Waals surface area contributed by atoms with E-state index in [1.807, 2.05) is 0 Å². The third kappa shape index (κ3) is 2.38. The summed E-state index contributed by atoms with van der Waals surface area (Å²) in [5.74, 6) is 1.28. The molecule has 0 saturated carbocycles. The summed E-state index contributed by atoms with van der Waals surface area (Å²) in [6.07, 6.45) is 1.34. The minimum atomic E-state index is -3.39. The van der Waals surface area contributed by atoms with Gasteiger partial charge in [-0.15, -0.1) is 0 Å². The first-order chi connectivity index (χ1) is 8.54. The smallest absolute Gasteiger partial charge is 0.220 e. The lowest BCUT2D eigenvalue weighted by Gasteiger charge is -2.07. The molecule has 0 bridgehead atoms. The summed E-state index contributed by atoms with van der Waals surface area (Å²) in [5.41, 5.74) is 0. The van der Waals surface area contributed by atoms with Gasteiger partial charge >= 0.3 is 0 Å². The maximum atomic E-state index is 11.7. The van der Waals surface area contributed by atoms with Gasteiger partial charge in [0.2, 0.25) is 9.84 Å². The highest BCUT2D eigenvalue weighted by atomic mass is 32.2. The number of hydrogen-bond donors (Lipinski definition) is 0. The van der Waals surface area contributed by atoms with Gasteiger partial charge in [-0.2, -0.15) is 0 Å². The summed E-state index contributed by atoms with van der Waals surface area (Å²) >= 11 is 0. The van der Waals surface area contributed by atoms with Gasteiger partial charge in [0, 0.05) is 6.20 Å². The standard InChI is InChI=1S/C12H13NO4S/c1-9-7-13-12(18(9,14)15)8-17-11-5-3-10(16-2)4-6-11/h3-7H,8H2,1-2H3. The Bertz CT molecular complexity index is 599. The molecule has 1 aromatic carbocycles. The van der Waals surface area contributed by atoms with Crippen molar-refractivity contribution in [1.82, 2.24) is 0 Å². The summed E-state index contributed by atoms with van der Waals surface area (Å²) in [4.78, 5) is 4.08. The minimum Gasteiger partial charge on any atom is -0.497 e. The van der Waals surface area contributed by atoms with E-state index in [0.717, 1.165) is 0 Å². The van der Waals surface area contributed by atoms with E-state index in [-0.39, 0.29) is 16.6 Å². The van der Waals surface area contributed by atoms with Gasteiger partial charge in [0.1, 0.15) is 18.1 Å². The minimum absolute atomic E-state index is 0.0378. The van der Waals surface area contributed by atoms with E-state index < -0.39 is 9.84 Å². The molecule has 1 aliphatic rings. The number of sulfone groups is 1. The number of aliphatic imine (C=N–C) groups is 1. The lowest BCUT2D eigenvalue weighted by molar-refractivity contribution is 0.375. The zero-order valence-corrected chi connectivity index (χ0v) is 10.9. The van der Waals surface area contributed by atoms with Crippen molar-refractivity contribution in [2.45, 2.75) is 6.92 Å². The molecular formula is C12H13NO4S. The van der Waals surface area contributed by atoms with Crippen molar-refractivity contribution in [2.24, 2.45) is 4.99 Å². The molecule has 0 amide bonds. The Morgan fingerprint density at radius 1 is 1.17 bits per heavy atom. The van der Waals surface area contributed by atoms with E-state index in [1.165, 1.54) is 13.1 Å². The summed E-state index contributed by atoms with van der Waals surface area (Å²) in [6, 6.07) is 6.90. The first-order valence-corrected chi connectivity index (χ1v) is 6.78. The quantitative estimate of drug-likeness (QED) is 0.833. The molecule has 0 atom stereocenters. The number of nitrogens with zero attached hydrogens (tertiary/aromatic N) is 1. The molecule has 0 radical (unpaired) electrons. The fourth-order valence-corrected chi connectivity index (χ4v) is 2.39. The van der Waals surface area contributed by atoms with Crippen LogP contribution < -0.4 is 9.47 Å². The van der Waals surface area contributed by atoms with E-state index in [4.69, 9.17) is 9.47 Å². The second-order valence-electron chi connectivity index (χ2n) is 3.73. The molecule has 0 saturated heterocycles. The van der Waals surface area contributed by atoms with Crippen LogP contribution in [0, 0.1) is 0 Å². The van der Waals surface area contributed by atoms with E-state index in [1.54, 1.807) is 31.4 Å². The lowest BCUT2D eigenvalue weighted by Crippen LogP contribution is -2.19. The van der Waals surface area contributed by atoms with Crippen molar-refractivity contribution >= 4 is 14.9 Å². The first-order valence-electron chi connectivity index (χ1n) is 5.29. The maximum absolute atomic E-state index is 11.7. The summed E-state index contributed by atoms with van der Waals surface area (Å²) in [5, 5.41) is 0.0378. The molecule has 18 heavy (non-hydrogen) atoms. The van der Waals surface area contributed by atoms with Crippen LogP contribution >= 0.6 is 0 Å². The topological polar surface area (TPSA) is 65.0 Å². The van der Waals surface area contributed by atoms with Gasteiger partial charge in [-0.05, 0) is 31.2 Å². The van der Waals surface area contributed by atoms with Crippen LogP contribution in [-0.2, 0) is 9.84 Å². The van der Waals surface area contributed by atoms with Crippen molar-refractivity contribution in [1.29, 1.82) is 0 Å². The Labute approximate surface area is 106 Å². The summed E-state index contributed by atoms with van der Waals surface area (Å²) < 4.78 is 33.8. The molecule has 1 aliphatic heterocycles. The number of benzene rings is 1. The summed E-state index contributed by atoms with van der Waals surface area (Å²) in [7, 11) is -1.81. The molecule has 5 nitrogen and oxygen atoms in total. The first kappa shape index (κ1) is 12.6. The van der Waals surface area contributed by atoms with Gasteiger partial charge in [-0.1, -0.05) is 0 Å². The Morgan fingerprint density at radius 3 is 2.28 bits per heavy atom. The van der Waals surface area contributed by atoms with Gasteiger partial charge in [0.05, 0.1) is 12.0 Å². The predicted molar refractivity (Wildman–Crippen MR) is 68.6 cm³/mol. The van der Waals surface area contributed by atoms with E-state index in [0.29, 0.717) is 11.5 Å². The largest absolute Gasteiger partial charge is 0.497 e. The van der Waals surface area contributed by atoms with Crippen molar-refractivity contribution in [3.05, 3.63) is 35.4 Å². The Kier molecular flexibility index (Phi) is 3.38. The van der Waals surface area contributed by atoms with Crippen molar-refractivity contribution in [3.8, 4) is 11.5 Å². The lowest BCUT2D eigenvalue weighted by atomic mass is 10.3. The summed E-state index contributed by atoms with van der Waals surface area (Å²) in [6.45, 7) is 1.45. The number of methoxy groups -OCH3 is 1. The molecule has 96 valence electrons. The SMILES string of the molecule is COc1ccc(OCC2=NC=C(C)S2(=O)=O)cc1. The van der Waals surface area contributed by atoms with Crippen LogP contribution in [0.25, 0.3) is 0 Å². The average Bonchev–Trinajstić information content (AvgIpc) is 2.63. The maximum Gasteiger partial charge on any atom is 0.220 e. The van der Waals surface area contributed by atoms with Crippen LogP contribution in [0.4, 0.5) is 0 Å². The monoisotopic (exact) mass is 267 g/mol. The zero-order chi connectivity index (χ0) is 13.2. The molecule has 6 heteroatoms. The number of hydrogen-bond acceptors (Lipinski definition) is 5. The molecule has 0 fully saturated rings. The molecule has 1 aromatic rings. The number of rotatable bonds is 4. The number of allylic oxidation sites excluding steroid dienone is 1. The van der Waals surface area contributed by atoms with Crippen LogP contribution in [0.1, 0.15) is 6.92 Å². The van der Waals surface area contributed by atoms with Crippen LogP contribution in [0.2, 0.25) is 0 Å². The van der Waals surface area contributed by atoms with Crippen molar-refractivity contribution < 1.29 is 17.9 Å². The molecule has 2 rings (SSSR count). The van der Waals surface area contributed by atoms with E-state index in [2.05, 4.69) is 4.99 Å².